The number of benzene rings is 1. The molecule has 1 aromatic carbocycles. The van der Waals surface area contributed by atoms with Gasteiger partial charge >= 0.3 is 0 Å². The Hall–Kier alpha value is -2.51. The lowest BCUT2D eigenvalue weighted by atomic mass is 10.1. The molecule has 4 rings (SSSR count). The molecule has 0 unspecified atom stereocenters. The summed E-state index contributed by atoms with van der Waals surface area (Å²) in [5.41, 5.74) is 2.30. The van der Waals surface area contributed by atoms with Crippen LogP contribution in [0.4, 0.5) is 5.95 Å². The van der Waals surface area contributed by atoms with Gasteiger partial charge in [-0.15, -0.1) is 11.3 Å². The summed E-state index contributed by atoms with van der Waals surface area (Å²) < 4.78 is 5.82. The molecule has 1 aliphatic rings. The number of piperidine rings is 1. The van der Waals surface area contributed by atoms with E-state index in [2.05, 4.69) is 44.6 Å². The molecule has 3 aromatic rings. The number of hydrogen-bond acceptors (Lipinski definition) is 7. The molecule has 1 fully saturated rings. The van der Waals surface area contributed by atoms with Gasteiger partial charge in [0.25, 0.3) is 0 Å². The highest BCUT2D eigenvalue weighted by molar-refractivity contribution is 7.09. The molecule has 146 valence electrons. The van der Waals surface area contributed by atoms with Gasteiger partial charge in [-0.2, -0.15) is 0 Å². The molecule has 2 aromatic heterocycles. The van der Waals surface area contributed by atoms with Gasteiger partial charge in [-0.1, -0.05) is 17.7 Å². The van der Waals surface area contributed by atoms with Crippen LogP contribution in [0.25, 0.3) is 0 Å². The maximum Gasteiger partial charge on any atom is 0.225 e. The van der Waals surface area contributed by atoms with E-state index < -0.39 is 0 Å². The first-order chi connectivity index (χ1) is 13.8. The van der Waals surface area contributed by atoms with Gasteiger partial charge in [0.05, 0.1) is 5.69 Å². The number of aromatic nitrogens is 3. The zero-order valence-corrected chi connectivity index (χ0v) is 16.9. The highest BCUT2D eigenvalue weighted by Gasteiger charge is 2.21. The van der Waals surface area contributed by atoms with Gasteiger partial charge in [0, 0.05) is 43.4 Å². The molecule has 1 saturated heterocycles. The largest absolute Gasteiger partial charge is 0.486 e. The Balaban J connectivity index is 1.25. The third-order valence-electron chi connectivity index (χ3n) is 4.81. The van der Waals surface area contributed by atoms with Crippen LogP contribution in [0.3, 0.4) is 0 Å². The van der Waals surface area contributed by atoms with Crippen LogP contribution in [0.15, 0.2) is 48.1 Å². The molecule has 1 atom stereocenters. The Bertz CT molecular complexity index is 868. The minimum absolute atomic E-state index is 0.423. The van der Waals surface area contributed by atoms with E-state index in [1.807, 2.05) is 18.2 Å². The number of hydrogen-bond donors (Lipinski definition) is 1. The number of anilines is 1. The van der Waals surface area contributed by atoms with Gasteiger partial charge in [0.15, 0.2) is 0 Å². The second kappa shape index (κ2) is 9.12. The van der Waals surface area contributed by atoms with Gasteiger partial charge < -0.3 is 15.0 Å². The van der Waals surface area contributed by atoms with Crippen LogP contribution in [-0.4, -0.2) is 34.1 Å². The van der Waals surface area contributed by atoms with Crippen molar-refractivity contribution in [2.24, 2.45) is 0 Å². The van der Waals surface area contributed by atoms with E-state index in [9.17, 15) is 0 Å². The molecule has 3 heterocycles. The number of thiazole rings is 1. The fourth-order valence-corrected chi connectivity index (χ4v) is 4.01. The van der Waals surface area contributed by atoms with Crippen molar-refractivity contribution in [3.63, 3.8) is 0 Å². The maximum absolute atomic E-state index is 5.82. The van der Waals surface area contributed by atoms with E-state index in [4.69, 9.17) is 9.72 Å². The van der Waals surface area contributed by atoms with Crippen molar-refractivity contribution in [2.75, 3.05) is 18.0 Å². The fraction of sp³-hybridized carbons (Fsp3) is 0.381. The first-order valence-electron chi connectivity index (χ1n) is 9.64. The summed E-state index contributed by atoms with van der Waals surface area (Å²) in [6, 6.07) is 10.4. The van der Waals surface area contributed by atoms with Crippen molar-refractivity contribution in [1.82, 2.24) is 20.3 Å². The predicted octanol–water partition coefficient (Wildman–Crippen LogP) is 3.58. The zero-order chi connectivity index (χ0) is 19.2. The number of nitrogens with zero attached hydrogens (tertiary/aromatic N) is 4. The standard InChI is InChI=1S/C21H25N5OS/c1-16-5-7-19(8-6-16)27-14-20-25-18(15-28-20)12-24-17-4-2-11-26(13-17)21-22-9-3-10-23-21/h3,5-10,15,17,24H,2,4,11-14H2,1H3/t17-/m0/s1. The van der Waals surface area contributed by atoms with Crippen molar-refractivity contribution in [1.29, 1.82) is 0 Å². The molecule has 0 saturated carbocycles. The number of rotatable bonds is 7. The molecule has 0 spiro atoms. The summed E-state index contributed by atoms with van der Waals surface area (Å²) in [4.78, 5) is 15.7. The van der Waals surface area contributed by atoms with E-state index in [0.29, 0.717) is 12.6 Å². The molecule has 1 aliphatic heterocycles. The predicted molar refractivity (Wildman–Crippen MR) is 112 cm³/mol. The number of aryl methyl sites for hydroxylation is 1. The summed E-state index contributed by atoms with van der Waals surface area (Å²) in [6.45, 7) is 5.30. The Kier molecular flexibility index (Phi) is 6.14. The van der Waals surface area contributed by atoms with Crippen LogP contribution >= 0.6 is 11.3 Å². The van der Waals surface area contributed by atoms with Gasteiger partial charge in [0.1, 0.15) is 17.4 Å². The Morgan fingerprint density at radius 1 is 1.21 bits per heavy atom. The number of ether oxygens (including phenoxy) is 1. The minimum atomic E-state index is 0.423. The zero-order valence-electron chi connectivity index (χ0n) is 16.0. The van der Waals surface area contributed by atoms with E-state index in [1.54, 1.807) is 23.7 Å². The van der Waals surface area contributed by atoms with Crippen LogP contribution in [0.5, 0.6) is 5.75 Å². The van der Waals surface area contributed by atoms with Crippen LogP contribution in [0.1, 0.15) is 29.1 Å². The molecule has 7 heteroatoms. The van der Waals surface area contributed by atoms with Gasteiger partial charge in [-0.25, -0.2) is 15.0 Å². The van der Waals surface area contributed by atoms with Crippen molar-refractivity contribution in [2.45, 2.75) is 39.0 Å². The third kappa shape index (κ3) is 5.05. The smallest absolute Gasteiger partial charge is 0.225 e. The lowest BCUT2D eigenvalue weighted by molar-refractivity contribution is 0.305. The number of nitrogens with one attached hydrogen (secondary N) is 1. The molecule has 0 radical (unpaired) electrons. The summed E-state index contributed by atoms with van der Waals surface area (Å²) in [5.74, 6) is 1.70. The molecular weight excluding hydrogens is 370 g/mol. The van der Waals surface area contributed by atoms with Gasteiger partial charge in [0.2, 0.25) is 5.95 Å². The average molecular weight is 396 g/mol. The fourth-order valence-electron chi connectivity index (χ4n) is 3.30. The normalized spacial score (nSPS) is 16.9. The van der Waals surface area contributed by atoms with E-state index in [1.165, 1.54) is 5.56 Å². The lowest BCUT2D eigenvalue weighted by Crippen LogP contribution is -2.46. The van der Waals surface area contributed by atoms with Crippen LogP contribution in [-0.2, 0) is 13.2 Å². The Morgan fingerprint density at radius 3 is 2.86 bits per heavy atom. The molecule has 0 bridgehead atoms. The highest BCUT2D eigenvalue weighted by atomic mass is 32.1. The van der Waals surface area contributed by atoms with Crippen molar-refractivity contribution < 1.29 is 4.74 Å². The summed E-state index contributed by atoms with van der Waals surface area (Å²) in [6.07, 6.45) is 5.91. The summed E-state index contributed by atoms with van der Waals surface area (Å²) in [7, 11) is 0. The van der Waals surface area contributed by atoms with Crippen LogP contribution in [0, 0.1) is 6.92 Å². The van der Waals surface area contributed by atoms with Crippen molar-refractivity contribution in [3.8, 4) is 5.75 Å². The Labute approximate surface area is 169 Å². The van der Waals surface area contributed by atoms with Gasteiger partial charge in [-0.05, 0) is 38.0 Å². The first-order valence-corrected chi connectivity index (χ1v) is 10.5. The maximum atomic E-state index is 5.82. The van der Waals surface area contributed by atoms with E-state index >= 15 is 0 Å². The van der Waals surface area contributed by atoms with Crippen LogP contribution < -0.4 is 15.0 Å². The molecular formula is C21H25N5OS. The second-order valence-corrected chi connectivity index (χ2v) is 7.99. The summed E-state index contributed by atoms with van der Waals surface area (Å²) >= 11 is 1.65. The van der Waals surface area contributed by atoms with E-state index in [0.717, 1.165) is 54.9 Å². The SMILES string of the molecule is Cc1ccc(OCc2nc(CN[C@H]3CCCN(c4ncccn4)C3)cs2)cc1. The second-order valence-electron chi connectivity index (χ2n) is 7.05. The first kappa shape index (κ1) is 18.8. The third-order valence-corrected chi connectivity index (χ3v) is 5.68. The van der Waals surface area contributed by atoms with Crippen molar-refractivity contribution in [3.05, 3.63) is 64.4 Å². The average Bonchev–Trinajstić information content (AvgIpc) is 3.21. The van der Waals surface area contributed by atoms with Crippen LogP contribution in [0.2, 0.25) is 0 Å². The lowest BCUT2D eigenvalue weighted by Gasteiger charge is -2.33. The van der Waals surface area contributed by atoms with Crippen molar-refractivity contribution >= 4 is 17.3 Å². The molecule has 0 aliphatic carbocycles. The highest BCUT2D eigenvalue weighted by Crippen LogP contribution is 2.18. The quantitative estimate of drug-likeness (QED) is 0.660. The minimum Gasteiger partial charge on any atom is -0.486 e. The summed E-state index contributed by atoms with van der Waals surface area (Å²) in [5, 5.41) is 6.75. The molecule has 28 heavy (non-hydrogen) atoms. The molecule has 0 amide bonds. The topological polar surface area (TPSA) is 63.2 Å². The monoisotopic (exact) mass is 395 g/mol. The Morgan fingerprint density at radius 2 is 2.04 bits per heavy atom. The van der Waals surface area contributed by atoms with Gasteiger partial charge in [-0.3, -0.25) is 0 Å². The van der Waals surface area contributed by atoms with E-state index in [-0.39, 0.29) is 0 Å². The molecule has 6 nitrogen and oxygen atoms in total. The molecule has 1 N–H and O–H groups in total.